The van der Waals surface area contributed by atoms with Gasteiger partial charge >= 0.3 is 0 Å². The van der Waals surface area contributed by atoms with Crippen LogP contribution in [0, 0.1) is 5.92 Å². The zero-order valence-electron chi connectivity index (χ0n) is 17.8. The molecule has 2 amide bonds. The van der Waals surface area contributed by atoms with Gasteiger partial charge in [-0.2, -0.15) is 0 Å². The maximum Gasteiger partial charge on any atom is 0.265 e. The SMILES string of the molecule is O=C(Nc1cc(C(=O)N2CCCN(CC3CCCCC3)CC2)ccc1Cl)c1cccs1. The third kappa shape index (κ3) is 5.88. The van der Waals surface area contributed by atoms with E-state index in [1.54, 1.807) is 24.3 Å². The summed E-state index contributed by atoms with van der Waals surface area (Å²) in [6.07, 6.45) is 7.81. The summed E-state index contributed by atoms with van der Waals surface area (Å²) in [6, 6.07) is 8.72. The van der Waals surface area contributed by atoms with Crippen molar-refractivity contribution in [3.63, 3.8) is 0 Å². The molecule has 2 aromatic rings. The third-order valence-corrected chi connectivity index (χ3v) is 7.52. The molecule has 1 aromatic carbocycles. The smallest absolute Gasteiger partial charge is 0.265 e. The topological polar surface area (TPSA) is 52.7 Å². The van der Waals surface area contributed by atoms with Crippen molar-refractivity contribution in [2.24, 2.45) is 5.92 Å². The van der Waals surface area contributed by atoms with Gasteiger partial charge in [0.15, 0.2) is 0 Å². The second-order valence-electron chi connectivity index (χ2n) is 8.58. The molecule has 0 spiro atoms. The van der Waals surface area contributed by atoms with E-state index >= 15 is 0 Å². The third-order valence-electron chi connectivity index (χ3n) is 6.32. The first-order valence-electron chi connectivity index (χ1n) is 11.3. The monoisotopic (exact) mass is 459 g/mol. The van der Waals surface area contributed by atoms with E-state index in [4.69, 9.17) is 11.6 Å². The van der Waals surface area contributed by atoms with Crippen molar-refractivity contribution in [3.8, 4) is 0 Å². The van der Waals surface area contributed by atoms with Crippen LogP contribution >= 0.6 is 22.9 Å². The highest BCUT2D eigenvalue weighted by Crippen LogP contribution is 2.26. The molecule has 0 bridgehead atoms. The minimum absolute atomic E-state index is 0.00260. The van der Waals surface area contributed by atoms with Crippen LogP contribution in [-0.2, 0) is 0 Å². The van der Waals surface area contributed by atoms with Crippen LogP contribution in [0.1, 0.15) is 58.6 Å². The van der Waals surface area contributed by atoms with E-state index < -0.39 is 0 Å². The molecular weight excluding hydrogens is 430 g/mol. The van der Waals surface area contributed by atoms with E-state index in [1.165, 1.54) is 50.0 Å². The Morgan fingerprint density at radius 2 is 1.87 bits per heavy atom. The summed E-state index contributed by atoms with van der Waals surface area (Å²) in [7, 11) is 0. The normalized spacial score (nSPS) is 18.5. The summed E-state index contributed by atoms with van der Waals surface area (Å²) >= 11 is 7.66. The standard InChI is InChI=1S/C24H30ClN3O2S/c25-20-10-9-19(16-21(20)26-23(29)22-8-4-15-31-22)24(30)28-12-5-11-27(13-14-28)17-18-6-2-1-3-7-18/h4,8-10,15-16,18H,1-3,5-7,11-14,17H2,(H,26,29). The summed E-state index contributed by atoms with van der Waals surface area (Å²) in [5, 5.41) is 5.12. The van der Waals surface area contributed by atoms with E-state index in [-0.39, 0.29) is 11.8 Å². The van der Waals surface area contributed by atoms with Gasteiger partial charge in [0.1, 0.15) is 0 Å². The van der Waals surface area contributed by atoms with E-state index in [9.17, 15) is 9.59 Å². The Bertz CT molecular complexity index is 896. The Balaban J connectivity index is 1.37. The number of benzene rings is 1. The Hall–Kier alpha value is -1.89. The Morgan fingerprint density at radius 1 is 1.03 bits per heavy atom. The van der Waals surface area contributed by atoms with Gasteiger partial charge in [0.05, 0.1) is 15.6 Å². The molecule has 1 aliphatic carbocycles. The lowest BCUT2D eigenvalue weighted by atomic mass is 9.89. The molecule has 0 unspecified atom stereocenters. The lowest BCUT2D eigenvalue weighted by Crippen LogP contribution is -2.37. The second kappa shape index (κ2) is 10.6. The number of hydrogen-bond acceptors (Lipinski definition) is 4. The first kappa shape index (κ1) is 22.3. The minimum Gasteiger partial charge on any atom is -0.337 e. The van der Waals surface area contributed by atoms with Crippen LogP contribution in [0.2, 0.25) is 5.02 Å². The molecule has 1 saturated carbocycles. The number of anilines is 1. The minimum atomic E-state index is -0.213. The van der Waals surface area contributed by atoms with Crippen molar-refractivity contribution in [3.05, 3.63) is 51.2 Å². The fraction of sp³-hybridized carbons (Fsp3) is 0.500. The molecule has 31 heavy (non-hydrogen) atoms. The molecule has 4 rings (SSSR count). The Kier molecular flexibility index (Phi) is 7.64. The zero-order valence-corrected chi connectivity index (χ0v) is 19.4. The van der Waals surface area contributed by atoms with E-state index in [2.05, 4.69) is 10.2 Å². The van der Waals surface area contributed by atoms with Gasteiger partial charge in [0, 0.05) is 31.7 Å². The number of nitrogens with one attached hydrogen (secondary N) is 1. The summed E-state index contributed by atoms with van der Waals surface area (Å²) < 4.78 is 0. The predicted octanol–water partition coefficient (Wildman–Crippen LogP) is 5.38. The molecule has 166 valence electrons. The molecular formula is C24H30ClN3O2S. The van der Waals surface area contributed by atoms with Crippen LogP contribution in [0.5, 0.6) is 0 Å². The molecule has 1 saturated heterocycles. The lowest BCUT2D eigenvalue weighted by Gasteiger charge is -2.28. The first-order chi connectivity index (χ1) is 15.1. The highest BCUT2D eigenvalue weighted by molar-refractivity contribution is 7.12. The summed E-state index contributed by atoms with van der Waals surface area (Å²) in [4.78, 5) is 30.7. The highest BCUT2D eigenvalue weighted by Gasteiger charge is 2.23. The van der Waals surface area contributed by atoms with Gasteiger partial charge in [0.2, 0.25) is 0 Å². The maximum atomic E-state index is 13.2. The van der Waals surface area contributed by atoms with E-state index in [0.717, 1.165) is 38.5 Å². The van der Waals surface area contributed by atoms with Crippen LogP contribution < -0.4 is 5.32 Å². The molecule has 7 heteroatoms. The van der Waals surface area contributed by atoms with Gasteiger partial charge in [-0.1, -0.05) is 36.9 Å². The molecule has 0 atom stereocenters. The lowest BCUT2D eigenvalue weighted by molar-refractivity contribution is 0.0759. The molecule has 2 heterocycles. The Morgan fingerprint density at radius 3 is 2.65 bits per heavy atom. The molecule has 5 nitrogen and oxygen atoms in total. The van der Waals surface area contributed by atoms with E-state index in [0.29, 0.717) is 21.2 Å². The first-order valence-corrected chi connectivity index (χ1v) is 12.5. The van der Waals surface area contributed by atoms with Crippen LogP contribution in [0.4, 0.5) is 5.69 Å². The quantitative estimate of drug-likeness (QED) is 0.652. The molecule has 1 aliphatic heterocycles. The van der Waals surface area contributed by atoms with Crippen LogP contribution in [0.25, 0.3) is 0 Å². The summed E-state index contributed by atoms with van der Waals surface area (Å²) in [5.74, 6) is 0.610. The maximum absolute atomic E-state index is 13.2. The number of halogens is 1. The fourth-order valence-corrected chi connectivity index (χ4v) is 5.40. The van der Waals surface area contributed by atoms with Gasteiger partial charge in [0.25, 0.3) is 11.8 Å². The molecule has 2 aliphatic rings. The fourth-order valence-electron chi connectivity index (χ4n) is 4.62. The predicted molar refractivity (Wildman–Crippen MR) is 127 cm³/mol. The van der Waals surface area contributed by atoms with Gasteiger partial charge < -0.3 is 15.1 Å². The van der Waals surface area contributed by atoms with Crippen molar-refractivity contribution in [2.75, 3.05) is 38.0 Å². The van der Waals surface area contributed by atoms with Gasteiger partial charge in [-0.3, -0.25) is 9.59 Å². The largest absolute Gasteiger partial charge is 0.337 e. The number of amides is 2. The average molecular weight is 460 g/mol. The number of hydrogen-bond donors (Lipinski definition) is 1. The van der Waals surface area contributed by atoms with Crippen molar-refractivity contribution >= 4 is 40.4 Å². The molecule has 0 radical (unpaired) electrons. The Labute approximate surface area is 193 Å². The number of nitrogens with zero attached hydrogens (tertiary/aromatic N) is 2. The van der Waals surface area contributed by atoms with Crippen molar-refractivity contribution in [1.82, 2.24) is 9.80 Å². The number of carbonyl (C=O) groups excluding carboxylic acids is 2. The molecule has 2 fully saturated rings. The second-order valence-corrected chi connectivity index (χ2v) is 9.93. The van der Waals surface area contributed by atoms with Gasteiger partial charge in [-0.25, -0.2) is 0 Å². The summed E-state index contributed by atoms with van der Waals surface area (Å²) in [6.45, 7) is 4.66. The molecule has 1 aromatic heterocycles. The van der Waals surface area contributed by atoms with Crippen molar-refractivity contribution in [1.29, 1.82) is 0 Å². The van der Waals surface area contributed by atoms with Gasteiger partial charge in [-0.05, 0) is 61.4 Å². The van der Waals surface area contributed by atoms with Gasteiger partial charge in [-0.15, -0.1) is 11.3 Å². The number of thiophene rings is 1. The van der Waals surface area contributed by atoms with E-state index in [1.807, 2.05) is 16.3 Å². The number of carbonyl (C=O) groups is 2. The number of rotatable bonds is 5. The van der Waals surface area contributed by atoms with Crippen LogP contribution in [0.15, 0.2) is 35.7 Å². The highest BCUT2D eigenvalue weighted by atomic mass is 35.5. The zero-order chi connectivity index (χ0) is 21.6. The van der Waals surface area contributed by atoms with Crippen LogP contribution in [-0.4, -0.2) is 54.3 Å². The average Bonchev–Trinajstić information content (AvgIpc) is 3.23. The van der Waals surface area contributed by atoms with Crippen LogP contribution in [0.3, 0.4) is 0 Å². The molecule has 1 N–H and O–H groups in total. The van der Waals surface area contributed by atoms with Crippen molar-refractivity contribution < 1.29 is 9.59 Å². The summed E-state index contributed by atoms with van der Waals surface area (Å²) in [5.41, 5.74) is 1.03. The van der Waals surface area contributed by atoms with Crippen molar-refractivity contribution in [2.45, 2.75) is 38.5 Å².